The highest BCUT2D eigenvalue weighted by Crippen LogP contribution is 2.17. The van der Waals surface area contributed by atoms with E-state index in [0.717, 1.165) is 5.56 Å². The molecule has 0 saturated carbocycles. The van der Waals surface area contributed by atoms with Crippen molar-refractivity contribution in [2.24, 2.45) is 0 Å². The maximum absolute atomic E-state index is 12.0. The predicted octanol–water partition coefficient (Wildman–Crippen LogP) is 2.61. The molecule has 0 aliphatic carbocycles. The molecule has 2 N–H and O–H groups in total. The Balaban J connectivity index is 1.91. The molecule has 1 heterocycles. The van der Waals surface area contributed by atoms with Gasteiger partial charge in [-0.2, -0.15) is 0 Å². The molecule has 118 valence electrons. The van der Waals surface area contributed by atoms with Crippen molar-refractivity contribution >= 4 is 12.2 Å². The second-order valence-corrected chi connectivity index (χ2v) is 5.59. The fourth-order valence-corrected chi connectivity index (χ4v) is 2.34. The summed E-state index contributed by atoms with van der Waals surface area (Å²) in [6.45, 7) is 2.53. The topological polar surface area (TPSA) is 78.9 Å². The number of hydrogen-bond acceptors (Lipinski definition) is 3. The first-order valence-electron chi connectivity index (χ1n) is 7.10. The Labute approximate surface area is 129 Å². The lowest BCUT2D eigenvalue weighted by atomic mass is 9.98. The average molecular weight is 304 g/mol. The summed E-state index contributed by atoms with van der Waals surface area (Å²) < 4.78 is 5.19. The Morgan fingerprint density at radius 2 is 2.05 bits per heavy atom. The van der Waals surface area contributed by atoms with Crippen LogP contribution in [-0.4, -0.2) is 40.8 Å². The molecule has 2 rings (SSSR count). The van der Waals surface area contributed by atoms with Crippen LogP contribution in [0.2, 0.25) is 0 Å². The van der Waals surface area contributed by atoms with Crippen molar-refractivity contribution in [2.75, 3.05) is 13.1 Å². The lowest BCUT2D eigenvalue weighted by Crippen LogP contribution is -2.53. The second kappa shape index (κ2) is 6.98. The largest absolute Gasteiger partial charge is 0.465 e. The van der Waals surface area contributed by atoms with Crippen LogP contribution < -0.4 is 5.32 Å². The van der Waals surface area contributed by atoms with Crippen LogP contribution in [0.15, 0.2) is 42.5 Å². The molecule has 1 atom stereocenters. The van der Waals surface area contributed by atoms with Crippen LogP contribution in [0.1, 0.15) is 18.9 Å². The summed E-state index contributed by atoms with van der Waals surface area (Å²) in [5.74, 6) is 0. The number of ether oxygens (including phenoxy) is 1. The monoisotopic (exact) mass is 304 g/mol. The SMILES string of the molecule is CC1(NC(=O)OCc2ccccc2)CC=CCN(C(=O)O)C1. The summed E-state index contributed by atoms with van der Waals surface area (Å²) in [7, 11) is 0. The molecule has 1 aromatic rings. The van der Waals surface area contributed by atoms with Crippen molar-refractivity contribution in [3.63, 3.8) is 0 Å². The predicted molar refractivity (Wildman–Crippen MR) is 81.5 cm³/mol. The van der Waals surface area contributed by atoms with Gasteiger partial charge in [0.15, 0.2) is 0 Å². The van der Waals surface area contributed by atoms with Crippen LogP contribution in [-0.2, 0) is 11.3 Å². The number of carboxylic acid groups (broad SMARTS) is 1. The number of carbonyl (C=O) groups excluding carboxylic acids is 1. The summed E-state index contributed by atoms with van der Waals surface area (Å²) in [5.41, 5.74) is 0.217. The molecule has 0 bridgehead atoms. The fourth-order valence-electron chi connectivity index (χ4n) is 2.34. The van der Waals surface area contributed by atoms with Crippen molar-refractivity contribution in [3.8, 4) is 0 Å². The van der Waals surface area contributed by atoms with E-state index in [2.05, 4.69) is 5.32 Å². The van der Waals surface area contributed by atoms with Crippen LogP contribution in [0.25, 0.3) is 0 Å². The van der Waals surface area contributed by atoms with Gasteiger partial charge in [0.1, 0.15) is 6.61 Å². The highest BCUT2D eigenvalue weighted by Gasteiger charge is 2.31. The third-order valence-corrected chi connectivity index (χ3v) is 3.49. The maximum Gasteiger partial charge on any atom is 0.407 e. The zero-order valence-corrected chi connectivity index (χ0v) is 12.5. The highest BCUT2D eigenvalue weighted by molar-refractivity contribution is 5.69. The summed E-state index contributed by atoms with van der Waals surface area (Å²) in [6.07, 6.45) is 2.66. The lowest BCUT2D eigenvalue weighted by molar-refractivity contribution is 0.113. The molecule has 0 aromatic heterocycles. The molecule has 1 aliphatic heterocycles. The van der Waals surface area contributed by atoms with Gasteiger partial charge in [-0.1, -0.05) is 42.5 Å². The van der Waals surface area contributed by atoms with Gasteiger partial charge in [0, 0.05) is 13.1 Å². The standard InChI is InChI=1S/C16H20N2O4/c1-16(9-5-6-10-18(12-16)15(20)21)17-14(19)22-11-13-7-3-2-4-8-13/h2-8H,9-12H2,1H3,(H,17,19)(H,20,21). The fraction of sp³-hybridized carbons (Fsp3) is 0.375. The summed E-state index contributed by atoms with van der Waals surface area (Å²) >= 11 is 0. The van der Waals surface area contributed by atoms with Crippen LogP contribution in [0.3, 0.4) is 0 Å². The quantitative estimate of drug-likeness (QED) is 0.841. The summed E-state index contributed by atoms with van der Waals surface area (Å²) in [4.78, 5) is 24.4. The normalized spacial score (nSPS) is 21.0. The molecule has 22 heavy (non-hydrogen) atoms. The van der Waals surface area contributed by atoms with Crippen LogP contribution in [0.5, 0.6) is 0 Å². The number of benzene rings is 1. The first-order chi connectivity index (χ1) is 10.5. The molecule has 6 nitrogen and oxygen atoms in total. The number of carbonyl (C=O) groups is 2. The number of nitrogens with zero attached hydrogens (tertiary/aromatic N) is 1. The molecule has 1 aromatic carbocycles. The third kappa shape index (κ3) is 4.51. The molecule has 1 unspecified atom stereocenters. The van der Waals surface area contributed by atoms with Crippen LogP contribution in [0, 0.1) is 0 Å². The minimum absolute atomic E-state index is 0.182. The van der Waals surface area contributed by atoms with E-state index in [1.165, 1.54) is 4.90 Å². The van der Waals surface area contributed by atoms with E-state index >= 15 is 0 Å². The zero-order valence-electron chi connectivity index (χ0n) is 12.5. The van der Waals surface area contributed by atoms with Gasteiger partial charge in [-0.25, -0.2) is 9.59 Å². The van der Waals surface area contributed by atoms with Crippen molar-refractivity contribution < 1.29 is 19.4 Å². The van der Waals surface area contributed by atoms with E-state index in [-0.39, 0.29) is 13.2 Å². The number of alkyl carbamates (subject to hydrolysis) is 1. The van der Waals surface area contributed by atoms with E-state index in [4.69, 9.17) is 9.84 Å². The zero-order chi connectivity index (χ0) is 16.0. The van der Waals surface area contributed by atoms with Gasteiger partial charge in [0.25, 0.3) is 0 Å². The number of hydrogen-bond donors (Lipinski definition) is 2. The van der Waals surface area contributed by atoms with E-state index < -0.39 is 17.7 Å². The van der Waals surface area contributed by atoms with Gasteiger partial charge in [0.2, 0.25) is 0 Å². The average Bonchev–Trinajstić information content (AvgIpc) is 2.68. The van der Waals surface area contributed by atoms with Gasteiger partial charge in [0.05, 0.1) is 5.54 Å². The minimum Gasteiger partial charge on any atom is -0.465 e. The van der Waals surface area contributed by atoms with Crippen LogP contribution >= 0.6 is 0 Å². The van der Waals surface area contributed by atoms with Crippen LogP contribution in [0.4, 0.5) is 9.59 Å². The smallest absolute Gasteiger partial charge is 0.407 e. The Morgan fingerprint density at radius 3 is 2.73 bits per heavy atom. The molecule has 1 aliphatic rings. The molecule has 6 heteroatoms. The molecular formula is C16H20N2O4. The van der Waals surface area contributed by atoms with Gasteiger partial charge < -0.3 is 20.1 Å². The second-order valence-electron chi connectivity index (χ2n) is 5.59. The Hall–Kier alpha value is -2.50. The van der Waals surface area contributed by atoms with E-state index in [0.29, 0.717) is 13.0 Å². The number of amides is 2. The van der Waals surface area contributed by atoms with Gasteiger partial charge in [-0.05, 0) is 18.9 Å². The minimum atomic E-state index is -1.00. The van der Waals surface area contributed by atoms with Crippen molar-refractivity contribution in [2.45, 2.75) is 25.5 Å². The molecule has 2 amide bonds. The van der Waals surface area contributed by atoms with E-state index in [1.54, 1.807) is 6.08 Å². The van der Waals surface area contributed by atoms with E-state index in [9.17, 15) is 9.59 Å². The molecule has 0 radical (unpaired) electrons. The molecular weight excluding hydrogens is 284 g/mol. The summed E-state index contributed by atoms with van der Waals surface area (Å²) in [6, 6.07) is 9.38. The molecule has 0 fully saturated rings. The van der Waals surface area contributed by atoms with Crippen molar-refractivity contribution in [1.29, 1.82) is 0 Å². The third-order valence-electron chi connectivity index (χ3n) is 3.49. The summed E-state index contributed by atoms with van der Waals surface area (Å²) in [5, 5.41) is 11.9. The van der Waals surface area contributed by atoms with Crippen molar-refractivity contribution in [1.82, 2.24) is 10.2 Å². The molecule has 0 spiro atoms. The Kier molecular flexibility index (Phi) is 5.04. The first-order valence-corrected chi connectivity index (χ1v) is 7.10. The lowest BCUT2D eigenvalue weighted by Gasteiger charge is -2.32. The van der Waals surface area contributed by atoms with Gasteiger partial charge >= 0.3 is 12.2 Å². The number of nitrogens with one attached hydrogen (secondary N) is 1. The van der Waals surface area contributed by atoms with Crippen molar-refractivity contribution in [3.05, 3.63) is 48.0 Å². The first kappa shape index (κ1) is 15.9. The molecule has 0 saturated heterocycles. The Bertz CT molecular complexity index is 559. The number of rotatable bonds is 3. The Morgan fingerprint density at radius 1 is 1.32 bits per heavy atom. The maximum atomic E-state index is 12.0. The van der Waals surface area contributed by atoms with Gasteiger partial charge in [-0.3, -0.25) is 0 Å². The van der Waals surface area contributed by atoms with E-state index in [1.807, 2.05) is 43.3 Å². The van der Waals surface area contributed by atoms with Gasteiger partial charge in [-0.15, -0.1) is 0 Å². The highest BCUT2D eigenvalue weighted by atomic mass is 16.5.